The van der Waals surface area contributed by atoms with E-state index in [2.05, 4.69) is 15.9 Å². The zero-order chi connectivity index (χ0) is 28.2. The minimum atomic E-state index is -0.499. The first-order chi connectivity index (χ1) is 19.1. The molecule has 0 aliphatic rings. The quantitative estimate of drug-likeness (QED) is 0.213. The number of benzene rings is 6. The van der Waals surface area contributed by atoms with Crippen molar-refractivity contribution in [1.29, 1.82) is 0 Å². The molecule has 2 heteroatoms. The maximum atomic E-state index is 9.27. The third kappa shape index (κ3) is 2.44. The molecule has 0 radical (unpaired) electrons. The standard InChI is InChI=1S/C30H17BrO/c31-30-23-11-5-3-9-21(23)28(22-10-4-6-12-24(22)30)19-13-15-25-27(17-19)32-26-16-14-18-7-1-2-8-20(18)29(25)26/h1-17H/i1D,2D,7D,8D,14D,15D,16D,17D. The molecule has 7 aromatic rings. The topological polar surface area (TPSA) is 13.1 Å². The van der Waals surface area contributed by atoms with Crippen LogP contribution in [0.4, 0.5) is 0 Å². The van der Waals surface area contributed by atoms with Crippen molar-refractivity contribution in [3.63, 3.8) is 0 Å². The van der Waals surface area contributed by atoms with Gasteiger partial charge in [-0.2, -0.15) is 0 Å². The Morgan fingerprint density at radius 1 is 0.625 bits per heavy atom. The Hall–Kier alpha value is -3.62. The zero-order valence-electron chi connectivity index (χ0n) is 24.5. The van der Waals surface area contributed by atoms with Crippen LogP contribution in [0.1, 0.15) is 11.0 Å². The van der Waals surface area contributed by atoms with Gasteiger partial charge in [0.05, 0.1) is 11.0 Å². The van der Waals surface area contributed by atoms with Crippen LogP contribution < -0.4 is 0 Å². The van der Waals surface area contributed by atoms with Crippen LogP contribution in [0.15, 0.2) is 112 Å². The Kier molecular flexibility index (Phi) is 2.48. The van der Waals surface area contributed by atoms with Crippen molar-refractivity contribution < 1.29 is 15.4 Å². The lowest BCUT2D eigenvalue weighted by Gasteiger charge is -2.14. The van der Waals surface area contributed by atoms with Crippen molar-refractivity contribution >= 4 is 70.2 Å². The summed E-state index contributed by atoms with van der Waals surface area (Å²) in [5, 5.41) is 3.89. The molecule has 0 atom stereocenters. The number of hydrogen-bond donors (Lipinski definition) is 0. The SMILES string of the molecule is [2H]c1c([2H])c([2H])c2c(c1[2H])c([2H])c([2H])c1oc3c([2H])c(-c4c5ccccc5c(Br)c5ccccc45)cc([2H])c3c12. The third-order valence-corrected chi connectivity index (χ3v) is 6.75. The highest BCUT2D eigenvalue weighted by atomic mass is 79.9. The minimum Gasteiger partial charge on any atom is -0.456 e. The largest absolute Gasteiger partial charge is 0.456 e. The fraction of sp³-hybridized carbons (Fsp3) is 0. The molecule has 1 heterocycles. The van der Waals surface area contributed by atoms with Crippen LogP contribution in [0, 0.1) is 0 Å². The van der Waals surface area contributed by atoms with Gasteiger partial charge in [-0.3, -0.25) is 0 Å². The van der Waals surface area contributed by atoms with Crippen LogP contribution in [0.2, 0.25) is 0 Å². The van der Waals surface area contributed by atoms with Crippen LogP contribution in [0.25, 0.3) is 65.4 Å². The molecule has 32 heavy (non-hydrogen) atoms. The van der Waals surface area contributed by atoms with Crippen LogP contribution in [-0.4, -0.2) is 0 Å². The van der Waals surface area contributed by atoms with Gasteiger partial charge in [-0.05, 0) is 77.5 Å². The molecule has 0 unspecified atom stereocenters. The maximum Gasteiger partial charge on any atom is 0.136 e. The number of furan rings is 1. The second kappa shape index (κ2) is 6.69. The van der Waals surface area contributed by atoms with Gasteiger partial charge in [-0.25, -0.2) is 0 Å². The van der Waals surface area contributed by atoms with Gasteiger partial charge in [0.2, 0.25) is 0 Å². The number of halogens is 1. The summed E-state index contributed by atoms with van der Waals surface area (Å²) < 4.78 is 75.8. The van der Waals surface area contributed by atoms with E-state index in [-0.39, 0.29) is 56.9 Å². The van der Waals surface area contributed by atoms with E-state index < -0.39 is 24.2 Å². The summed E-state index contributed by atoms with van der Waals surface area (Å²) in [5.74, 6) is 0. The average molecular weight is 481 g/mol. The van der Waals surface area contributed by atoms with Crippen molar-refractivity contribution in [2.24, 2.45) is 0 Å². The van der Waals surface area contributed by atoms with Crippen molar-refractivity contribution in [3.05, 3.63) is 107 Å². The fourth-order valence-corrected chi connectivity index (χ4v) is 5.19. The summed E-state index contributed by atoms with van der Waals surface area (Å²) in [5.41, 5.74) is 1.16. The number of rotatable bonds is 1. The molecule has 0 N–H and O–H groups in total. The van der Waals surface area contributed by atoms with E-state index in [1.807, 2.05) is 48.5 Å². The monoisotopic (exact) mass is 480 g/mol. The van der Waals surface area contributed by atoms with Gasteiger partial charge in [0.1, 0.15) is 11.2 Å². The summed E-state index contributed by atoms with van der Waals surface area (Å²) in [6.07, 6.45) is 0. The summed E-state index contributed by atoms with van der Waals surface area (Å²) in [6, 6.07) is 14.6. The predicted molar refractivity (Wildman–Crippen MR) is 139 cm³/mol. The Bertz CT molecular complexity index is 2220. The molecule has 0 amide bonds. The van der Waals surface area contributed by atoms with Crippen molar-refractivity contribution in [2.75, 3.05) is 0 Å². The molecule has 1 aromatic heterocycles. The second-order valence-electron chi connectivity index (χ2n) is 7.62. The Morgan fingerprint density at radius 3 is 2.06 bits per heavy atom. The highest BCUT2D eigenvalue weighted by Gasteiger charge is 2.16. The van der Waals surface area contributed by atoms with Crippen molar-refractivity contribution in [1.82, 2.24) is 0 Å². The fourth-order valence-electron chi connectivity index (χ4n) is 4.50. The lowest BCUT2D eigenvalue weighted by atomic mass is 9.91. The molecule has 150 valence electrons. The molecule has 0 saturated carbocycles. The van der Waals surface area contributed by atoms with Crippen molar-refractivity contribution in [3.8, 4) is 11.1 Å². The molecule has 7 rings (SSSR count). The van der Waals surface area contributed by atoms with Gasteiger partial charge in [-0.15, -0.1) is 0 Å². The minimum absolute atomic E-state index is 0.0123. The number of fused-ring (bicyclic) bond motifs is 7. The first-order valence-corrected chi connectivity index (χ1v) is 10.9. The Morgan fingerprint density at radius 2 is 1.31 bits per heavy atom. The lowest BCUT2D eigenvalue weighted by Crippen LogP contribution is -1.87. The summed E-state index contributed by atoms with van der Waals surface area (Å²) in [4.78, 5) is 0. The molecule has 0 saturated heterocycles. The zero-order valence-corrected chi connectivity index (χ0v) is 18.1. The van der Waals surface area contributed by atoms with Gasteiger partial charge >= 0.3 is 0 Å². The van der Waals surface area contributed by atoms with Crippen LogP contribution in [0.3, 0.4) is 0 Å². The molecule has 1 nitrogen and oxygen atoms in total. The molecule has 0 spiro atoms. The molecular formula is C30H17BrO. The molecule has 6 aromatic carbocycles. The molecule has 0 aliphatic heterocycles. The summed E-state index contributed by atoms with van der Waals surface area (Å²) >= 11 is 3.74. The summed E-state index contributed by atoms with van der Waals surface area (Å²) in [7, 11) is 0. The van der Waals surface area contributed by atoms with E-state index >= 15 is 0 Å². The van der Waals surface area contributed by atoms with Gasteiger partial charge in [0.25, 0.3) is 0 Å². The average Bonchev–Trinajstić information content (AvgIpc) is 3.37. The van der Waals surface area contributed by atoms with Gasteiger partial charge in [-0.1, -0.05) is 84.8 Å². The van der Waals surface area contributed by atoms with Gasteiger partial charge in [0.15, 0.2) is 0 Å². The first kappa shape index (κ1) is 11.8. The van der Waals surface area contributed by atoms with E-state index in [0.717, 1.165) is 31.6 Å². The van der Waals surface area contributed by atoms with Crippen LogP contribution in [-0.2, 0) is 0 Å². The van der Waals surface area contributed by atoms with E-state index in [9.17, 15) is 1.37 Å². The van der Waals surface area contributed by atoms with E-state index in [1.165, 1.54) is 0 Å². The van der Waals surface area contributed by atoms with Crippen molar-refractivity contribution in [2.45, 2.75) is 0 Å². The first-order valence-electron chi connectivity index (χ1n) is 14.1. The molecule has 0 fully saturated rings. The predicted octanol–water partition coefficient (Wildman–Crippen LogP) is 9.48. The molecular weight excluding hydrogens is 456 g/mol. The number of hydrogen-bond acceptors (Lipinski definition) is 1. The summed E-state index contributed by atoms with van der Waals surface area (Å²) in [6.45, 7) is 0. The van der Waals surface area contributed by atoms with Gasteiger partial charge in [0, 0.05) is 15.2 Å². The third-order valence-electron chi connectivity index (χ3n) is 5.89. The second-order valence-corrected chi connectivity index (χ2v) is 8.41. The van der Waals surface area contributed by atoms with Crippen LogP contribution >= 0.6 is 15.9 Å². The highest BCUT2D eigenvalue weighted by Crippen LogP contribution is 2.43. The van der Waals surface area contributed by atoms with Gasteiger partial charge < -0.3 is 4.42 Å². The Labute approximate surface area is 204 Å². The highest BCUT2D eigenvalue weighted by molar-refractivity contribution is 9.10. The van der Waals surface area contributed by atoms with E-state index in [4.69, 9.17) is 14.0 Å². The normalized spacial score (nSPS) is 15.4. The molecule has 0 aliphatic carbocycles. The smallest absolute Gasteiger partial charge is 0.136 e. The van der Waals surface area contributed by atoms with Crippen LogP contribution in [0.5, 0.6) is 0 Å². The lowest BCUT2D eigenvalue weighted by molar-refractivity contribution is 0.669. The molecule has 0 bridgehead atoms. The van der Waals surface area contributed by atoms with E-state index in [1.54, 1.807) is 6.07 Å². The van der Waals surface area contributed by atoms with E-state index in [0.29, 0.717) is 5.56 Å². The maximum absolute atomic E-state index is 9.27. The Balaban J connectivity index is 1.71.